The van der Waals surface area contributed by atoms with E-state index in [0.29, 0.717) is 12.1 Å². The van der Waals surface area contributed by atoms with Gasteiger partial charge in [0, 0.05) is 40.6 Å². The van der Waals surface area contributed by atoms with Gasteiger partial charge in [-0.2, -0.15) is 5.10 Å². The minimum absolute atomic E-state index is 0.371. The monoisotopic (exact) mass is 263 g/mol. The molecule has 4 heteroatoms. The Morgan fingerprint density at radius 1 is 1.44 bits per heavy atom. The molecule has 2 aromatic heterocycles. The van der Waals surface area contributed by atoms with Crippen molar-refractivity contribution < 1.29 is 0 Å². The van der Waals surface area contributed by atoms with Crippen molar-refractivity contribution in [1.82, 2.24) is 15.1 Å². The molecule has 0 radical (unpaired) electrons. The number of aryl methyl sites for hydroxylation is 2. The first-order chi connectivity index (χ1) is 8.60. The van der Waals surface area contributed by atoms with Gasteiger partial charge >= 0.3 is 0 Å². The molecule has 98 valence electrons. The average molecular weight is 263 g/mol. The smallest absolute Gasteiger partial charge is 0.0537 e. The Labute approximate surface area is 113 Å². The van der Waals surface area contributed by atoms with Crippen molar-refractivity contribution in [2.24, 2.45) is 7.05 Å². The summed E-state index contributed by atoms with van der Waals surface area (Å²) >= 11 is 1.87. The van der Waals surface area contributed by atoms with Crippen molar-refractivity contribution >= 4 is 11.3 Å². The van der Waals surface area contributed by atoms with E-state index in [1.165, 1.54) is 15.3 Å². The lowest BCUT2D eigenvalue weighted by Crippen LogP contribution is -2.23. The third-order valence-electron chi connectivity index (χ3n) is 3.17. The molecule has 0 aliphatic carbocycles. The molecule has 2 aromatic rings. The van der Waals surface area contributed by atoms with E-state index in [9.17, 15) is 0 Å². The van der Waals surface area contributed by atoms with Crippen molar-refractivity contribution in [3.8, 4) is 0 Å². The summed E-state index contributed by atoms with van der Waals surface area (Å²) in [6, 6.07) is 5.15. The van der Waals surface area contributed by atoms with Crippen LogP contribution in [-0.2, 0) is 7.05 Å². The van der Waals surface area contributed by atoms with Crippen molar-refractivity contribution in [2.45, 2.75) is 39.3 Å². The van der Waals surface area contributed by atoms with Crippen LogP contribution in [0.3, 0.4) is 0 Å². The largest absolute Gasteiger partial charge is 0.302 e. The van der Waals surface area contributed by atoms with E-state index in [1.807, 2.05) is 29.3 Å². The molecule has 0 fully saturated rings. The second kappa shape index (κ2) is 5.67. The van der Waals surface area contributed by atoms with Gasteiger partial charge in [-0.3, -0.25) is 4.68 Å². The Morgan fingerprint density at radius 2 is 2.22 bits per heavy atom. The first-order valence-corrected chi connectivity index (χ1v) is 7.22. The van der Waals surface area contributed by atoms with Crippen LogP contribution < -0.4 is 5.32 Å². The highest BCUT2D eigenvalue weighted by Crippen LogP contribution is 2.26. The summed E-state index contributed by atoms with van der Waals surface area (Å²) in [6.07, 6.45) is 5.11. The Kier molecular flexibility index (Phi) is 4.19. The molecule has 1 N–H and O–H groups in total. The maximum atomic E-state index is 4.25. The van der Waals surface area contributed by atoms with Crippen LogP contribution in [0.5, 0.6) is 0 Å². The molecule has 18 heavy (non-hydrogen) atoms. The van der Waals surface area contributed by atoms with Crippen LogP contribution in [-0.4, -0.2) is 9.78 Å². The average Bonchev–Trinajstić information content (AvgIpc) is 2.94. The number of hydrogen-bond acceptors (Lipinski definition) is 3. The molecule has 0 saturated heterocycles. The van der Waals surface area contributed by atoms with Gasteiger partial charge in [-0.15, -0.1) is 11.3 Å². The fraction of sp³-hybridized carbons (Fsp3) is 0.500. The Hall–Kier alpha value is -1.13. The summed E-state index contributed by atoms with van der Waals surface area (Å²) in [5, 5.41) is 7.93. The molecular weight excluding hydrogens is 242 g/mol. The fourth-order valence-corrected chi connectivity index (χ4v) is 3.03. The summed E-state index contributed by atoms with van der Waals surface area (Å²) in [6.45, 7) is 6.58. The summed E-state index contributed by atoms with van der Waals surface area (Å²) < 4.78 is 1.86. The van der Waals surface area contributed by atoms with Gasteiger partial charge in [-0.1, -0.05) is 6.92 Å². The highest BCUT2D eigenvalue weighted by Gasteiger charge is 2.15. The molecule has 2 atom stereocenters. The minimum Gasteiger partial charge on any atom is -0.302 e. The van der Waals surface area contributed by atoms with Crippen molar-refractivity contribution in [3.05, 3.63) is 39.8 Å². The third-order valence-corrected chi connectivity index (χ3v) is 4.36. The molecule has 0 aliphatic rings. The molecule has 0 saturated carbocycles. The first kappa shape index (κ1) is 13.3. The number of hydrogen-bond donors (Lipinski definition) is 1. The maximum Gasteiger partial charge on any atom is 0.0537 e. The van der Waals surface area contributed by atoms with Gasteiger partial charge in [0.25, 0.3) is 0 Å². The van der Waals surface area contributed by atoms with E-state index < -0.39 is 0 Å². The van der Waals surface area contributed by atoms with Gasteiger partial charge < -0.3 is 5.32 Å². The summed E-state index contributed by atoms with van der Waals surface area (Å²) in [4.78, 5) is 2.77. The molecule has 0 aliphatic heterocycles. The predicted molar refractivity (Wildman–Crippen MR) is 76.8 cm³/mol. The molecule has 0 spiro atoms. The lowest BCUT2D eigenvalue weighted by molar-refractivity contribution is 0.460. The lowest BCUT2D eigenvalue weighted by atomic mass is 10.1. The lowest BCUT2D eigenvalue weighted by Gasteiger charge is -2.20. The molecule has 0 unspecified atom stereocenters. The predicted octanol–water partition coefficient (Wildman–Crippen LogP) is 3.59. The maximum absolute atomic E-state index is 4.25. The number of nitrogens with one attached hydrogen (secondary N) is 1. The molecular formula is C14H21N3S. The first-order valence-electron chi connectivity index (χ1n) is 6.41. The van der Waals surface area contributed by atoms with Crippen LogP contribution in [0.25, 0.3) is 0 Å². The topological polar surface area (TPSA) is 29.9 Å². The molecule has 2 heterocycles. The van der Waals surface area contributed by atoms with Gasteiger partial charge in [-0.25, -0.2) is 0 Å². The highest BCUT2D eigenvalue weighted by molar-refractivity contribution is 7.12. The summed E-state index contributed by atoms with van der Waals surface area (Å²) in [7, 11) is 1.96. The molecule has 2 rings (SSSR count). The van der Waals surface area contributed by atoms with Gasteiger partial charge in [-0.05, 0) is 32.4 Å². The van der Waals surface area contributed by atoms with E-state index in [2.05, 4.69) is 49.5 Å². The standard InChI is InChI=1S/C14H21N3S/c1-5-13(12-8-15-17(4)9-12)16-11(3)14-7-6-10(2)18-14/h6-9,11,13,16H,5H2,1-4H3/t11-,13-/m1/s1. The second-order valence-electron chi connectivity index (χ2n) is 4.74. The van der Waals surface area contributed by atoms with Gasteiger partial charge in [0.15, 0.2) is 0 Å². The van der Waals surface area contributed by atoms with Crippen molar-refractivity contribution in [1.29, 1.82) is 0 Å². The summed E-state index contributed by atoms with van der Waals surface area (Å²) in [5.74, 6) is 0. The Balaban J connectivity index is 2.06. The normalized spacial score (nSPS) is 14.7. The van der Waals surface area contributed by atoms with Gasteiger partial charge in [0.05, 0.1) is 6.20 Å². The Bertz CT molecular complexity index is 501. The van der Waals surface area contributed by atoms with E-state index >= 15 is 0 Å². The van der Waals surface area contributed by atoms with Crippen molar-refractivity contribution in [2.75, 3.05) is 0 Å². The van der Waals surface area contributed by atoms with Crippen LogP contribution >= 0.6 is 11.3 Å². The van der Waals surface area contributed by atoms with Crippen LogP contribution in [0.15, 0.2) is 24.5 Å². The Morgan fingerprint density at radius 3 is 2.72 bits per heavy atom. The van der Waals surface area contributed by atoms with E-state index in [-0.39, 0.29) is 0 Å². The fourth-order valence-electron chi connectivity index (χ4n) is 2.14. The van der Waals surface area contributed by atoms with Crippen LogP contribution in [0, 0.1) is 6.92 Å². The molecule has 3 nitrogen and oxygen atoms in total. The van der Waals surface area contributed by atoms with E-state index in [4.69, 9.17) is 0 Å². The van der Waals surface area contributed by atoms with Gasteiger partial charge in [0.1, 0.15) is 0 Å². The SMILES string of the molecule is CC[C@@H](N[C@H](C)c1ccc(C)s1)c1cnn(C)c1. The zero-order valence-electron chi connectivity index (χ0n) is 11.5. The van der Waals surface area contributed by atoms with Crippen molar-refractivity contribution in [3.63, 3.8) is 0 Å². The highest BCUT2D eigenvalue weighted by atomic mass is 32.1. The van der Waals surface area contributed by atoms with Gasteiger partial charge in [0.2, 0.25) is 0 Å². The quantitative estimate of drug-likeness (QED) is 0.893. The molecule has 0 amide bonds. The molecule has 0 aromatic carbocycles. The molecule has 0 bridgehead atoms. The van der Waals surface area contributed by atoms with Crippen LogP contribution in [0.1, 0.15) is 47.7 Å². The number of rotatable bonds is 5. The zero-order valence-corrected chi connectivity index (χ0v) is 12.3. The van der Waals surface area contributed by atoms with Crippen LogP contribution in [0.2, 0.25) is 0 Å². The third kappa shape index (κ3) is 3.00. The minimum atomic E-state index is 0.371. The number of aromatic nitrogens is 2. The number of nitrogens with zero attached hydrogens (tertiary/aromatic N) is 2. The zero-order chi connectivity index (χ0) is 13.1. The van der Waals surface area contributed by atoms with E-state index in [0.717, 1.165) is 6.42 Å². The van der Waals surface area contributed by atoms with Crippen LogP contribution in [0.4, 0.5) is 0 Å². The number of thiophene rings is 1. The summed E-state index contributed by atoms with van der Waals surface area (Å²) in [5.41, 5.74) is 1.26. The second-order valence-corrected chi connectivity index (χ2v) is 6.06. The van der Waals surface area contributed by atoms with E-state index in [1.54, 1.807) is 0 Å².